The highest BCUT2D eigenvalue weighted by Gasteiger charge is 1.99. The van der Waals surface area contributed by atoms with Gasteiger partial charge in [0.05, 0.1) is 0 Å². The molecule has 0 bridgehead atoms. The normalized spacial score (nSPS) is 9.15. The summed E-state index contributed by atoms with van der Waals surface area (Å²) < 4.78 is 0. The fourth-order valence-corrected chi connectivity index (χ4v) is 1.69. The molecule has 0 fully saturated rings. The number of benzene rings is 2. The lowest BCUT2D eigenvalue weighted by atomic mass is 9.99. The highest BCUT2D eigenvalue weighted by molar-refractivity contribution is 5.63. The topological polar surface area (TPSA) is 0 Å². The van der Waals surface area contributed by atoms with Crippen molar-refractivity contribution < 1.29 is 1.43 Å². The van der Waals surface area contributed by atoms with Gasteiger partial charge in [0.1, 0.15) is 0 Å². The summed E-state index contributed by atoms with van der Waals surface area (Å²) in [5.74, 6) is 0.606. The molecule has 0 nitrogen and oxygen atoms in total. The van der Waals surface area contributed by atoms with Crippen LogP contribution in [-0.2, 0) is 0 Å². The monoisotopic (exact) mass is 272 g/mol. The van der Waals surface area contributed by atoms with Crippen molar-refractivity contribution in [2.24, 2.45) is 0 Å². The molecule has 0 aliphatic carbocycles. The molecule has 0 spiro atoms. The Morgan fingerprint density at radius 3 is 1.55 bits per heavy atom. The summed E-state index contributed by atoms with van der Waals surface area (Å²) in [5.41, 5.74) is 3.97. The molecule has 0 heterocycles. The second-order valence-corrected chi connectivity index (χ2v) is 4.85. The van der Waals surface area contributed by atoms with Gasteiger partial charge in [0.15, 0.2) is 0 Å². The third-order valence-electron chi connectivity index (χ3n) is 2.68. The Bertz CT molecular complexity index is 429. The van der Waals surface area contributed by atoms with Crippen molar-refractivity contribution in [2.75, 3.05) is 0 Å². The maximum absolute atomic E-state index is 2.22. The molecule has 0 aliphatic rings. The van der Waals surface area contributed by atoms with E-state index >= 15 is 0 Å². The number of hydrogen-bond donors (Lipinski definition) is 0. The smallest absolute Gasteiger partial charge is 0 e. The molecule has 0 heteroatoms. The summed E-state index contributed by atoms with van der Waals surface area (Å²) in [7, 11) is 0. The minimum absolute atomic E-state index is 0. The highest BCUT2D eigenvalue weighted by atomic mass is 14.0. The molecular formula is C20H32. The standard InChI is InChI=1S/C15H16.C3H8.C2H6.H2/c1-12(2)13-8-10-15(11-9-13)14-6-4-3-5-7-14;1-3-2;1-2;/h3-12H,1-2H3;3H2,1-2H3;1-2H3;1H. The van der Waals surface area contributed by atoms with E-state index in [4.69, 9.17) is 0 Å². The molecule has 0 N–H and O–H groups in total. The van der Waals surface area contributed by atoms with Crippen LogP contribution in [0.5, 0.6) is 0 Å². The first-order chi connectivity index (χ1) is 9.69. The molecular weight excluding hydrogens is 240 g/mol. The minimum atomic E-state index is 0. The Hall–Kier alpha value is -1.56. The molecule has 0 saturated heterocycles. The zero-order valence-electron chi connectivity index (χ0n) is 14.0. The molecule has 0 radical (unpaired) electrons. The highest BCUT2D eigenvalue weighted by Crippen LogP contribution is 2.22. The summed E-state index contributed by atoms with van der Waals surface area (Å²) in [6, 6.07) is 19.3. The summed E-state index contributed by atoms with van der Waals surface area (Å²) in [4.78, 5) is 0. The van der Waals surface area contributed by atoms with Crippen molar-refractivity contribution in [3.05, 3.63) is 60.2 Å². The van der Waals surface area contributed by atoms with E-state index in [0.29, 0.717) is 5.92 Å². The fourth-order valence-electron chi connectivity index (χ4n) is 1.69. The molecule has 0 saturated carbocycles. The average molecular weight is 272 g/mol. The second-order valence-electron chi connectivity index (χ2n) is 4.85. The van der Waals surface area contributed by atoms with Crippen LogP contribution in [0.25, 0.3) is 11.1 Å². The van der Waals surface area contributed by atoms with Gasteiger partial charge in [0.2, 0.25) is 0 Å². The molecule has 112 valence electrons. The van der Waals surface area contributed by atoms with Crippen LogP contribution in [0.3, 0.4) is 0 Å². The lowest BCUT2D eigenvalue weighted by Crippen LogP contribution is -1.86. The van der Waals surface area contributed by atoms with Crippen LogP contribution in [-0.4, -0.2) is 0 Å². The second kappa shape index (κ2) is 11.3. The molecule has 0 aromatic heterocycles. The quantitative estimate of drug-likeness (QED) is 0.543. The summed E-state index contributed by atoms with van der Waals surface area (Å²) >= 11 is 0. The molecule has 0 unspecified atom stereocenters. The van der Waals surface area contributed by atoms with Crippen molar-refractivity contribution in [1.29, 1.82) is 0 Å². The summed E-state index contributed by atoms with van der Waals surface area (Å²) in [6.45, 7) is 12.7. The van der Waals surface area contributed by atoms with Crippen LogP contribution < -0.4 is 0 Å². The van der Waals surface area contributed by atoms with Crippen LogP contribution in [0.4, 0.5) is 0 Å². The maximum atomic E-state index is 2.22. The Morgan fingerprint density at radius 1 is 0.750 bits per heavy atom. The van der Waals surface area contributed by atoms with Crippen molar-refractivity contribution in [3.63, 3.8) is 0 Å². The van der Waals surface area contributed by atoms with E-state index < -0.39 is 0 Å². The van der Waals surface area contributed by atoms with Gasteiger partial charge in [-0.2, -0.15) is 0 Å². The van der Waals surface area contributed by atoms with Crippen molar-refractivity contribution >= 4 is 0 Å². The zero-order valence-corrected chi connectivity index (χ0v) is 14.0. The fraction of sp³-hybridized carbons (Fsp3) is 0.400. The van der Waals surface area contributed by atoms with Crippen LogP contribution >= 0.6 is 0 Å². The Kier molecular flexibility index (Phi) is 10.4. The van der Waals surface area contributed by atoms with Gasteiger partial charge in [0, 0.05) is 1.43 Å². The van der Waals surface area contributed by atoms with Crippen molar-refractivity contribution in [2.45, 2.75) is 53.9 Å². The zero-order chi connectivity index (χ0) is 15.4. The molecule has 0 aliphatic heterocycles. The molecule has 0 amide bonds. The van der Waals surface area contributed by atoms with Gasteiger partial charge in [-0.1, -0.05) is 103 Å². The number of rotatable bonds is 2. The molecule has 2 aromatic carbocycles. The summed E-state index contributed by atoms with van der Waals surface area (Å²) in [5, 5.41) is 0. The largest absolute Gasteiger partial charge is 0.0683 e. The molecule has 20 heavy (non-hydrogen) atoms. The third kappa shape index (κ3) is 6.56. The first-order valence-electron chi connectivity index (χ1n) is 7.84. The molecule has 2 rings (SSSR count). The van der Waals surface area contributed by atoms with Crippen molar-refractivity contribution in [3.8, 4) is 11.1 Å². The SMILES string of the molecule is CC.CC(C)c1ccc(-c2ccccc2)cc1.CCC.[HH]. The third-order valence-corrected chi connectivity index (χ3v) is 2.68. The average Bonchev–Trinajstić information content (AvgIpc) is 2.51. The predicted octanol–water partition coefficient (Wildman–Crippen LogP) is 7.17. The van der Waals surface area contributed by atoms with Gasteiger partial charge in [-0.25, -0.2) is 0 Å². The van der Waals surface area contributed by atoms with Gasteiger partial charge in [-0.15, -0.1) is 0 Å². The van der Waals surface area contributed by atoms with E-state index in [1.165, 1.54) is 23.1 Å². The lowest BCUT2D eigenvalue weighted by Gasteiger charge is -2.06. The van der Waals surface area contributed by atoms with Gasteiger partial charge < -0.3 is 0 Å². The van der Waals surface area contributed by atoms with E-state index in [9.17, 15) is 0 Å². The van der Waals surface area contributed by atoms with Gasteiger partial charge in [0.25, 0.3) is 0 Å². The Balaban J connectivity index is 0. The van der Waals surface area contributed by atoms with E-state index in [-0.39, 0.29) is 1.43 Å². The van der Waals surface area contributed by atoms with E-state index in [2.05, 4.69) is 76.2 Å². The Labute approximate surface area is 127 Å². The first kappa shape index (κ1) is 18.4. The summed E-state index contributed by atoms with van der Waals surface area (Å²) in [6.07, 6.45) is 1.25. The van der Waals surface area contributed by atoms with Gasteiger partial charge in [-0.3, -0.25) is 0 Å². The van der Waals surface area contributed by atoms with Crippen LogP contribution in [0.1, 0.15) is 60.9 Å². The van der Waals surface area contributed by atoms with Gasteiger partial charge >= 0.3 is 0 Å². The van der Waals surface area contributed by atoms with Crippen LogP contribution in [0, 0.1) is 0 Å². The van der Waals surface area contributed by atoms with E-state index in [1.807, 2.05) is 19.9 Å². The van der Waals surface area contributed by atoms with E-state index in [0.717, 1.165) is 0 Å². The maximum Gasteiger partial charge on any atom is 0 e. The minimum Gasteiger partial charge on any atom is -0.0683 e. The predicted molar refractivity (Wildman–Crippen MR) is 95.4 cm³/mol. The Morgan fingerprint density at radius 2 is 1.15 bits per heavy atom. The van der Waals surface area contributed by atoms with Gasteiger partial charge in [-0.05, 0) is 22.6 Å². The molecule has 2 aromatic rings. The number of hydrogen-bond acceptors (Lipinski definition) is 0. The van der Waals surface area contributed by atoms with Crippen molar-refractivity contribution in [1.82, 2.24) is 0 Å². The molecule has 0 atom stereocenters. The van der Waals surface area contributed by atoms with Crippen LogP contribution in [0.15, 0.2) is 54.6 Å². The first-order valence-corrected chi connectivity index (χ1v) is 7.84. The van der Waals surface area contributed by atoms with E-state index in [1.54, 1.807) is 0 Å². The lowest BCUT2D eigenvalue weighted by molar-refractivity contribution is 0.867. The van der Waals surface area contributed by atoms with Crippen LogP contribution in [0.2, 0.25) is 0 Å².